The molecule has 0 fully saturated rings. The first-order chi connectivity index (χ1) is 15.1. The Kier molecular flexibility index (Phi) is 6.00. The third kappa shape index (κ3) is 4.15. The van der Waals surface area contributed by atoms with E-state index < -0.39 is 5.92 Å². The van der Waals surface area contributed by atoms with Gasteiger partial charge in [-0.3, -0.25) is 14.6 Å². The number of fused-ring (bicyclic) bond motifs is 1. The Morgan fingerprint density at radius 2 is 1.71 bits per heavy atom. The highest BCUT2D eigenvalue weighted by atomic mass is 16.2. The Hall–Kier alpha value is -3.64. The summed E-state index contributed by atoms with van der Waals surface area (Å²) in [6.07, 6.45) is 3.26. The van der Waals surface area contributed by atoms with Gasteiger partial charge in [0, 0.05) is 23.5 Å². The predicted molar refractivity (Wildman–Crippen MR) is 121 cm³/mol. The van der Waals surface area contributed by atoms with Crippen LogP contribution in [0.3, 0.4) is 0 Å². The lowest BCUT2D eigenvalue weighted by molar-refractivity contribution is -0.890. The van der Waals surface area contributed by atoms with Gasteiger partial charge in [0.15, 0.2) is 0 Å². The minimum absolute atomic E-state index is 0.167. The molecular weight excluding hydrogens is 388 g/mol. The molecule has 0 aliphatic carbocycles. The second kappa shape index (κ2) is 9.02. The molecule has 1 aliphatic rings. The van der Waals surface area contributed by atoms with Gasteiger partial charge in [0.2, 0.25) is 5.91 Å². The average Bonchev–Trinajstić information content (AvgIpc) is 2.80. The normalized spacial score (nSPS) is 17.3. The van der Waals surface area contributed by atoms with Crippen LogP contribution in [0.25, 0.3) is 0 Å². The number of likely N-dealkylation sites (N-methyl/N-ethyl adjacent to an activating group) is 1. The van der Waals surface area contributed by atoms with Crippen LogP contribution in [0.2, 0.25) is 0 Å². The maximum absolute atomic E-state index is 13.3. The zero-order valence-corrected chi connectivity index (χ0v) is 17.6. The predicted octanol–water partition coefficient (Wildman–Crippen LogP) is 2.31. The molecule has 1 aromatic heterocycles. The Balaban J connectivity index is 1.65. The van der Waals surface area contributed by atoms with Crippen molar-refractivity contribution in [3.63, 3.8) is 0 Å². The van der Waals surface area contributed by atoms with Gasteiger partial charge in [-0.25, -0.2) is 9.88 Å². The molecular formula is C25H25N4O2+. The number of aliphatic imine (C=N–C) groups is 1. The Morgan fingerprint density at radius 1 is 1.00 bits per heavy atom. The number of carbonyl (C=O) groups excluding carboxylic acids is 2. The van der Waals surface area contributed by atoms with Gasteiger partial charge in [-0.2, -0.15) is 0 Å². The van der Waals surface area contributed by atoms with Crippen LogP contribution in [0.4, 0.5) is 5.82 Å². The van der Waals surface area contributed by atoms with Crippen molar-refractivity contribution in [2.45, 2.75) is 12.0 Å². The van der Waals surface area contributed by atoms with Crippen LogP contribution in [0, 0.1) is 0 Å². The quantitative estimate of drug-likeness (QED) is 0.498. The number of hydrogen-bond acceptors (Lipinski definition) is 4. The second-order valence-electron chi connectivity index (χ2n) is 7.79. The van der Waals surface area contributed by atoms with Crippen LogP contribution < -0.4 is 9.80 Å². The summed E-state index contributed by atoms with van der Waals surface area (Å²) in [6.45, 7) is 0.538. The molecule has 2 aromatic carbocycles. The number of pyridine rings is 1. The molecule has 156 valence electrons. The molecule has 0 spiro atoms. The molecule has 0 saturated heterocycles. The van der Waals surface area contributed by atoms with Crippen molar-refractivity contribution in [3.05, 3.63) is 95.7 Å². The fraction of sp³-hybridized carbons (Fsp3) is 0.200. The van der Waals surface area contributed by atoms with Gasteiger partial charge in [0.25, 0.3) is 5.91 Å². The standard InChI is InChI=1S/C25H24N4O2/c1-28(2)22(18-10-4-3-5-11-18)17-26-16-21-19-12-6-7-13-20(19)24(30)29(25(21)31)23-14-8-9-15-27-23/h3-16,21-22H,17H2,1-2H3/p+1/t21?,22-/m1/s1. The number of imide groups is 1. The number of nitrogens with zero attached hydrogens (tertiary/aromatic N) is 3. The van der Waals surface area contributed by atoms with E-state index in [1.165, 1.54) is 10.5 Å². The SMILES string of the molecule is C[NH+](C)[C@H](CN=CC1C(=O)N(c2ccccn2)C(=O)c2ccccc21)c1ccccc1. The van der Waals surface area contributed by atoms with Gasteiger partial charge in [-0.15, -0.1) is 0 Å². The molecule has 31 heavy (non-hydrogen) atoms. The van der Waals surface area contributed by atoms with Crippen LogP contribution in [-0.4, -0.2) is 43.7 Å². The summed E-state index contributed by atoms with van der Waals surface area (Å²) in [6, 6.07) is 22.8. The number of hydrogen-bond donors (Lipinski definition) is 1. The van der Waals surface area contributed by atoms with Crippen LogP contribution >= 0.6 is 0 Å². The van der Waals surface area contributed by atoms with Gasteiger partial charge in [0.05, 0.1) is 26.6 Å². The number of benzene rings is 2. The number of aromatic nitrogens is 1. The molecule has 0 saturated carbocycles. The van der Waals surface area contributed by atoms with E-state index in [1.54, 1.807) is 42.7 Å². The first-order valence-corrected chi connectivity index (χ1v) is 10.3. The van der Waals surface area contributed by atoms with Gasteiger partial charge in [0.1, 0.15) is 11.9 Å². The number of rotatable bonds is 6. The van der Waals surface area contributed by atoms with E-state index >= 15 is 0 Å². The first kappa shape index (κ1) is 20.6. The van der Waals surface area contributed by atoms with Crippen molar-refractivity contribution < 1.29 is 14.5 Å². The zero-order chi connectivity index (χ0) is 21.8. The van der Waals surface area contributed by atoms with Crippen molar-refractivity contribution >= 4 is 23.8 Å². The van der Waals surface area contributed by atoms with Crippen LogP contribution in [0.1, 0.15) is 33.4 Å². The Bertz CT molecular complexity index is 1100. The monoisotopic (exact) mass is 413 g/mol. The van der Waals surface area contributed by atoms with Gasteiger partial charge < -0.3 is 4.90 Å². The minimum Gasteiger partial charge on any atom is -0.332 e. The first-order valence-electron chi connectivity index (χ1n) is 10.3. The van der Waals surface area contributed by atoms with Crippen LogP contribution in [0.15, 0.2) is 84.0 Å². The third-order valence-electron chi connectivity index (χ3n) is 5.54. The fourth-order valence-electron chi connectivity index (χ4n) is 3.88. The number of nitrogens with one attached hydrogen (secondary N) is 1. The molecule has 2 atom stereocenters. The summed E-state index contributed by atoms with van der Waals surface area (Å²) < 4.78 is 0. The van der Waals surface area contributed by atoms with Crippen LogP contribution in [-0.2, 0) is 4.79 Å². The number of carbonyl (C=O) groups is 2. The van der Waals surface area contributed by atoms with Gasteiger partial charge in [-0.05, 0) is 23.8 Å². The summed E-state index contributed by atoms with van der Waals surface area (Å²) in [5.41, 5.74) is 2.38. The summed E-state index contributed by atoms with van der Waals surface area (Å²) in [5, 5.41) is 0. The van der Waals surface area contributed by atoms with Crippen molar-refractivity contribution in [3.8, 4) is 0 Å². The van der Waals surface area contributed by atoms with E-state index in [0.717, 1.165) is 4.90 Å². The summed E-state index contributed by atoms with van der Waals surface area (Å²) in [5.74, 6) is -1.00. The van der Waals surface area contributed by atoms with E-state index in [0.29, 0.717) is 23.5 Å². The van der Waals surface area contributed by atoms with Crippen LogP contribution in [0.5, 0.6) is 0 Å². The lowest BCUT2D eigenvalue weighted by atomic mass is 9.89. The molecule has 1 unspecified atom stereocenters. The Morgan fingerprint density at radius 3 is 2.42 bits per heavy atom. The van der Waals surface area contributed by atoms with Crippen molar-refractivity contribution in [1.82, 2.24) is 4.98 Å². The van der Waals surface area contributed by atoms with Crippen molar-refractivity contribution in [1.29, 1.82) is 0 Å². The number of amides is 2. The third-order valence-corrected chi connectivity index (χ3v) is 5.54. The molecule has 0 radical (unpaired) electrons. The summed E-state index contributed by atoms with van der Waals surface area (Å²) in [4.78, 5) is 37.7. The van der Waals surface area contributed by atoms with E-state index in [9.17, 15) is 9.59 Å². The lowest BCUT2D eigenvalue weighted by Crippen LogP contribution is -3.06. The zero-order valence-electron chi connectivity index (χ0n) is 17.6. The molecule has 6 nitrogen and oxygen atoms in total. The molecule has 3 aromatic rings. The maximum atomic E-state index is 13.3. The molecule has 1 aliphatic heterocycles. The molecule has 2 heterocycles. The smallest absolute Gasteiger partial charge is 0.266 e. The van der Waals surface area contributed by atoms with Crippen molar-refractivity contribution in [2.24, 2.45) is 4.99 Å². The molecule has 4 rings (SSSR count). The molecule has 6 heteroatoms. The van der Waals surface area contributed by atoms with Gasteiger partial charge >= 0.3 is 0 Å². The molecule has 2 amide bonds. The topological polar surface area (TPSA) is 67.1 Å². The summed E-state index contributed by atoms with van der Waals surface area (Å²) in [7, 11) is 4.19. The molecule has 0 bridgehead atoms. The van der Waals surface area contributed by atoms with E-state index in [-0.39, 0.29) is 17.9 Å². The van der Waals surface area contributed by atoms with Crippen molar-refractivity contribution in [2.75, 3.05) is 25.5 Å². The highest BCUT2D eigenvalue weighted by Crippen LogP contribution is 2.31. The van der Waals surface area contributed by atoms with Gasteiger partial charge in [-0.1, -0.05) is 54.6 Å². The highest BCUT2D eigenvalue weighted by Gasteiger charge is 2.39. The summed E-state index contributed by atoms with van der Waals surface area (Å²) >= 11 is 0. The fourth-order valence-corrected chi connectivity index (χ4v) is 3.88. The molecule has 1 N–H and O–H groups in total. The number of quaternary nitrogens is 1. The average molecular weight is 414 g/mol. The largest absolute Gasteiger partial charge is 0.332 e. The second-order valence-corrected chi connectivity index (χ2v) is 7.79. The maximum Gasteiger partial charge on any atom is 0.266 e. The minimum atomic E-state index is -0.635. The Labute approximate surface area is 181 Å². The van der Waals surface area contributed by atoms with E-state index in [4.69, 9.17) is 0 Å². The van der Waals surface area contributed by atoms with E-state index in [2.05, 4.69) is 36.2 Å². The van der Waals surface area contributed by atoms with E-state index in [1.807, 2.05) is 30.3 Å². The number of anilines is 1. The highest BCUT2D eigenvalue weighted by molar-refractivity contribution is 6.28. The lowest BCUT2D eigenvalue weighted by Gasteiger charge is -2.30.